The molecule has 11 nitrogen and oxygen atoms in total. The first-order valence-corrected chi connectivity index (χ1v) is 10.7. The number of hydrogen-bond donors (Lipinski definition) is 1. The minimum Gasteiger partial charge on any atom is -0.411 e. The van der Waals surface area contributed by atoms with Gasteiger partial charge in [0.2, 0.25) is 0 Å². The summed E-state index contributed by atoms with van der Waals surface area (Å²) in [6.07, 6.45) is 1.79. The maximum Gasteiger partial charge on any atom is 0.333 e. The molecule has 6 heterocycles. The Hall–Kier alpha value is -4.56. The molecule has 0 saturated carbocycles. The monoisotopic (exact) mass is 501 g/mol. The molecule has 184 valence electrons. The summed E-state index contributed by atoms with van der Waals surface area (Å²) in [5.41, 5.74) is 1.58. The Morgan fingerprint density at radius 2 is 2.00 bits per heavy atom. The summed E-state index contributed by atoms with van der Waals surface area (Å²) in [7, 11) is 0. The van der Waals surface area contributed by atoms with Gasteiger partial charge < -0.3 is 14.3 Å². The predicted octanol–water partition coefficient (Wildman–Crippen LogP) is 3.42. The van der Waals surface area contributed by atoms with Crippen molar-refractivity contribution in [2.24, 2.45) is 0 Å². The van der Waals surface area contributed by atoms with Crippen LogP contribution in [0.4, 0.5) is 17.6 Å². The molecule has 15 heteroatoms. The standard InChI is InChI=1S/C21H15F4N9O2/c22-17(23)10-2-1-5-33-14(10)8-13(31-33)16-15-11(26-9-27-15)3-6-32(16)20(35)19-29-28-18(36-19)12-4-7-34(30-12)21(24)25/h1-2,4-5,7-9,16-17,21H,3,6H2,(H,26,27). The van der Waals surface area contributed by atoms with E-state index in [1.54, 1.807) is 0 Å². The van der Waals surface area contributed by atoms with Gasteiger partial charge in [0.15, 0.2) is 0 Å². The first-order valence-electron chi connectivity index (χ1n) is 10.7. The van der Waals surface area contributed by atoms with Gasteiger partial charge in [-0.3, -0.25) is 4.79 Å². The van der Waals surface area contributed by atoms with Crippen molar-refractivity contribution < 1.29 is 26.8 Å². The third-order valence-electron chi connectivity index (χ3n) is 5.89. The van der Waals surface area contributed by atoms with Gasteiger partial charge in [0, 0.05) is 36.6 Å². The molecule has 0 fully saturated rings. The van der Waals surface area contributed by atoms with Gasteiger partial charge in [-0.1, -0.05) is 0 Å². The smallest absolute Gasteiger partial charge is 0.333 e. The van der Waals surface area contributed by atoms with Gasteiger partial charge in [-0.15, -0.1) is 10.2 Å². The number of amides is 1. The Morgan fingerprint density at radius 1 is 1.14 bits per heavy atom. The highest BCUT2D eigenvalue weighted by molar-refractivity contribution is 5.90. The zero-order chi connectivity index (χ0) is 25.0. The van der Waals surface area contributed by atoms with Crippen LogP contribution in [0.15, 0.2) is 47.4 Å². The topological polar surface area (TPSA) is 123 Å². The van der Waals surface area contributed by atoms with E-state index >= 15 is 0 Å². The van der Waals surface area contributed by atoms with Crippen LogP contribution in [-0.4, -0.2) is 56.9 Å². The summed E-state index contributed by atoms with van der Waals surface area (Å²) in [4.78, 5) is 22.2. The number of fused-ring (bicyclic) bond motifs is 2. The van der Waals surface area contributed by atoms with Crippen molar-refractivity contribution in [1.82, 2.24) is 44.5 Å². The van der Waals surface area contributed by atoms with Crippen molar-refractivity contribution >= 4 is 11.4 Å². The van der Waals surface area contributed by atoms with E-state index in [-0.39, 0.29) is 29.2 Å². The van der Waals surface area contributed by atoms with Crippen molar-refractivity contribution in [2.75, 3.05) is 6.54 Å². The first-order chi connectivity index (χ1) is 17.4. The van der Waals surface area contributed by atoms with Crippen LogP contribution < -0.4 is 0 Å². The molecule has 1 atom stereocenters. The number of hydrogen-bond acceptors (Lipinski definition) is 7. The number of pyridine rings is 1. The van der Waals surface area contributed by atoms with E-state index in [1.807, 2.05) is 0 Å². The zero-order valence-corrected chi connectivity index (χ0v) is 18.1. The van der Waals surface area contributed by atoms with Crippen molar-refractivity contribution in [3.63, 3.8) is 0 Å². The van der Waals surface area contributed by atoms with E-state index in [0.29, 0.717) is 22.5 Å². The first kappa shape index (κ1) is 21.9. The fourth-order valence-corrected chi connectivity index (χ4v) is 4.27. The van der Waals surface area contributed by atoms with E-state index in [0.717, 1.165) is 11.9 Å². The molecule has 1 aliphatic heterocycles. The number of carbonyl (C=O) groups excluding carboxylic acids is 1. The lowest BCUT2D eigenvalue weighted by Gasteiger charge is -2.32. The number of rotatable bonds is 5. The molecular weight excluding hydrogens is 486 g/mol. The average Bonchev–Trinajstić information content (AvgIpc) is 3.66. The third kappa shape index (κ3) is 3.50. The van der Waals surface area contributed by atoms with Gasteiger partial charge in [0.25, 0.3) is 12.3 Å². The number of nitrogens with one attached hydrogen (secondary N) is 1. The van der Waals surface area contributed by atoms with Crippen LogP contribution in [0.5, 0.6) is 0 Å². The molecule has 0 spiro atoms. The highest BCUT2D eigenvalue weighted by Crippen LogP contribution is 2.35. The van der Waals surface area contributed by atoms with Crippen molar-refractivity contribution in [3.05, 3.63) is 71.5 Å². The predicted molar refractivity (Wildman–Crippen MR) is 112 cm³/mol. The Morgan fingerprint density at radius 3 is 2.78 bits per heavy atom. The maximum absolute atomic E-state index is 13.6. The van der Waals surface area contributed by atoms with Crippen LogP contribution in [0, 0.1) is 0 Å². The SMILES string of the molecule is O=C(c1nnc(-c2ccn(C(F)F)n2)o1)N1CCc2[nH]cnc2C1c1cc2c(C(F)F)cccn2n1. The number of aromatic amines is 1. The van der Waals surface area contributed by atoms with Crippen LogP contribution in [-0.2, 0) is 6.42 Å². The van der Waals surface area contributed by atoms with Crippen LogP contribution in [0.3, 0.4) is 0 Å². The number of H-pyrrole nitrogens is 1. The highest BCUT2D eigenvalue weighted by atomic mass is 19.3. The number of halogens is 4. The number of alkyl halides is 4. The Kier molecular flexibility index (Phi) is 5.05. The van der Waals surface area contributed by atoms with E-state index in [4.69, 9.17) is 4.42 Å². The van der Waals surface area contributed by atoms with Gasteiger partial charge in [0.1, 0.15) is 11.7 Å². The third-order valence-corrected chi connectivity index (χ3v) is 5.89. The molecule has 36 heavy (non-hydrogen) atoms. The second-order valence-electron chi connectivity index (χ2n) is 7.95. The second kappa shape index (κ2) is 8.28. The largest absolute Gasteiger partial charge is 0.411 e. The molecule has 0 saturated heterocycles. The normalized spacial score (nSPS) is 15.8. The quantitative estimate of drug-likeness (QED) is 0.366. The Balaban J connectivity index is 1.38. The number of nitrogens with zero attached hydrogens (tertiary/aromatic N) is 8. The molecule has 1 unspecified atom stereocenters. The molecule has 5 aromatic heterocycles. The summed E-state index contributed by atoms with van der Waals surface area (Å²) in [6, 6.07) is 4.69. The molecular formula is C21H15F4N9O2. The summed E-state index contributed by atoms with van der Waals surface area (Å²) in [5.74, 6) is -1.26. The van der Waals surface area contributed by atoms with Gasteiger partial charge in [0.05, 0.1) is 23.2 Å². The van der Waals surface area contributed by atoms with Crippen molar-refractivity contribution in [3.8, 4) is 11.6 Å². The Bertz CT molecular complexity index is 1570. The van der Waals surface area contributed by atoms with E-state index < -0.39 is 30.8 Å². The molecule has 0 aromatic carbocycles. The van der Waals surface area contributed by atoms with Crippen LogP contribution in [0.1, 0.15) is 52.3 Å². The molecule has 0 radical (unpaired) electrons. The molecule has 0 bridgehead atoms. The van der Waals surface area contributed by atoms with E-state index in [2.05, 4.69) is 30.4 Å². The number of carbonyl (C=O) groups is 1. The molecule has 6 rings (SSSR count). The number of aromatic nitrogens is 8. The minimum absolute atomic E-state index is 0.0217. The fourth-order valence-electron chi connectivity index (χ4n) is 4.27. The molecule has 1 amide bonds. The van der Waals surface area contributed by atoms with Gasteiger partial charge in [-0.2, -0.15) is 19.0 Å². The zero-order valence-electron chi connectivity index (χ0n) is 18.1. The van der Waals surface area contributed by atoms with Crippen LogP contribution in [0.25, 0.3) is 17.1 Å². The fraction of sp³-hybridized carbons (Fsp3) is 0.238. The van der Waals surface area contributed by atoms with Crippen molar-refractivity contribution in [1.29, 1.82) is 0 Å². The average molecular weight is 501 g/mol. The van der Waals surface area contributed by atoms with Gasteiger partial charge in [-0.05, 0) is 24.3 Å². The summed E-state index contributed by atoms with van der Waals surface area (Å²) >= 11 is 0. The van der Waals surface area contributed by atoms with Gasteiger partial charge in [-0.25, -0.2) is 23.0 Å². The Labute approximate surface area is 198 Å². The molecule has 5 aromatic rings. The summed E-state index contributed by atoms with van der Waals surface area (Å²) < 4.78 is 60.0. The lowest BCUT2D eigenvalue weighted by atomic mass is 9.99. The van der Waals surface area contributed by atoms with E-state index in [9.17, 15) is 22.4 Å². The lowest BCUT2D eigenvalue weighted by molar-refractivity contribution is 0.0566. The van der Waals surface area contributed by atoms with Crippen LogP contribution in [0.2, 0.25) is 0 Å². The minimum atomic E-state index is -2.85. The second-order valence-corrected chi connectivity index (χ2v) is 7.95. The van der Waals surface area contributed by atoms with Gasteiger partial charge >= 0.3 is 18.3 Å². The lowest BCUT2D eigenvalue weighted by Crippen LogP contribution is -2.41. The molecule has 1 aliphatic rings. The summed E-state index contributed by atoms with van der Waals surface area (Å²) in [6.45, 7) is -2.64. The number of imidazole rings is 1. The molecule has 1 N–H and O–H groups in total. The summed E-state index contributed by atoms with van der Waals surface area (Å²) in [5, 5.41) is 15.6. The van der Waals surface area contributed by atoms with E-state index in [1.165, 1.54) is 46.2 Å². The van der Waals surface area contributed by atoms with Crippen LogP contribution >= 0.6 is 0 Å². The van der Waals surface area contributed by atoms with Crippen molar-refractivity contribution in [2.45, 2.75) is 25.4 Å². The molecule has 0 aliphatic carbocycles. The maximum atomic E-state index is 13.6. The highest BCUT2D eigenvalue weighted by Gasteiger charge is 2.38.